The molecule has 1 fully saturated rings. The van der Waals surface area contributed by atoms with Crippen LogP contribution in [0.4, 0.5) is 5.69 Å². The highest BCUT2D eigenvalue weighted by Crippen LogP contribution is 2.36. The number of nitrogens with one attached hydrogen (secondary N) is 2. The first kappa shape index (κ1) is 31.2. The quantitative estimate of drug-likeness (QED) is 0.194. The van der Waals surface area contributed by atoms with Crippen LogP contribution in [-0.2, 0) is 16.4 Å². The van der Waals surface area contributed by atoms with Gasteiger partial charge in [-0.05, 0) is 98.8 Å². The number of primary amides is 1. The molecule has 3 aromatic carbocycles. The topological polar surface area (TPSA) is 111 Å². The zero-order chi connectivity index (χ0) is 27.1. The highest BCUT2D eigenvalue weighted by Gasteiger charge is 2.20. The number of hydrogen-bond acceptors (Lipinski definition) is 5. The zero-order valence-corrected chi connectivity index (χ0v) is 25.3. The van der Waals surface area contributed by atoms with Gasteiger partial charge in [-0.1, -0.05) is 52.5 Å². The molecule has 0 bridgehead atoms. The SMILES string of the molecule is Cl.NC(=O)c1ccc(S(=O)(=O)Nc2ccccc2Oc2ccc(Br)cc2Cl)cc1CCCCC1CCNCC1. The molecule has 3 aromatic rings. The van der Waals surface area contributed by atoms with Crippen LogP contribution in [0.2, 0.25) is 5.02 Å². The van der Waals surface area contributed by atoms with Gasteiger partial charge in [0.1, 0.15) is 5.75 Å². The van der Waals surface area contributed by atoms with Crippen molar-refractivity contribution in [2.45, 2.75) is 43.4 Å². The fraction of sp³-hybridized carbons (Fsp3) is 0.321. The van der Waals surface area contributed by atoms with Crippen molar-refractivity contribution >= 4 is 61.6 Å². The van der Waals surface area contributed by atoms with Crippen LogP contribution < -0.4 is 20.5 Å². The average molecular weight is 657 g/mol. The summed E-state index contributed by atoms with van der Waals surface area (Å²) in [6.07, 6.45) is 5.95. The van der Waals surface area contributed by atoms with Crippen molar-refractivity contribution in [3.63, 3.8) is 0 Å². The van der Waals surface area contributed by atoms with Crippen molar-refractivity contribution in [1.82, 2.24) is 5.32 Å². The van der Waals surface area contributed by atoms with Crippen LogP contribution in [-0.4, -0.2) is 27.4 Å². The maximum Gasteiger partial charge on any atom is 0.262 e. The highest BCUT2D eigenvalue weighted by molar-refractivity contribution is 9.10. The van der Waals surface area contributed by atoms with Crippen molar-refractivity contribution in [1.29, 1.82) is 0 Å². The number of rotatable bonds is 11. The number of aryl methyl sites for hydroxylation is 1. The first-order chi connectivity index (χ1) is 18.2. The molecule has 7 nitrogen and oxygen atoms in total. The molecule has 0 unspecified atom stereocenters. The Labute approximate surface area is 249 Å². The molecular weight excluding hydrogens is 625 g/mol. The molecule has 1 aliphatic heterocycles. The zero-order valence-electron chi connectivity index (χ0n) is 21.3. The third-order valence-electron chi connectivity index (χ3n) is 6.66. The summed E-state index contributed by atoms with van der Waals surface area (Å²) in [5.74, 6) is 0.837. The molecule has 39 heavy (non-hydrogen) atoms. The van der Waals surface area contributed by atoms with Crippen molar-refractivity contribution in [2.75, 3.05) is 17.8 Å². The summed E-state index contributed by atoms with van der Waals surface area (Å²) < 4.78 is 36.1. The molecule has 0 aromatic heterocycles. The summed E-state index contributed by atoms with van der Waals surface area (Å²) in [6.45, 7) is 2.13. The lowest BCUT2D eigenvalue weighted by Gasteiger charge is -2.22. The molecule has 0 atom stereocenters. The summed E-state index contributed by atoms with van der Waals surface area (Å²) in [6, 6.07) is 16.3. The second-order valence-electron chi connectivity index (χ2n) is 9.40. The predicted octanol–water partition coefficient (Wildman–Crippen LogP) is 6.93. The lowest BCUT2D eigenvalue weighted by molar-refractivity contribution is 0.0999. The average Bonchev–Trinajstić information content (AvgIpc) is 2.89. The normalized spacial score (nSPS) is 13.9. The van der Waals surface area contributed by atoms with E-state index in [4.69, 9.17) is 22.1 Å². The standard InChI is InChI=1S/C28H31BrClN3O4S.ClH/c29-21-9-12-26(24(30)18-21)37-27-8-4-3-7-25(27)33-38(35,36)22-10-11-23(28(31)34)20(17-22)6-2-1-5-19-13-15-32-16-14-19;/h3-4,7-12,17-19,32-33H,1-2,5-6,13-16H2,(H2,31,34);1H. The van der Waals surface area contributed by atoms with Crippen LogP contribution in [0.15, 0.2) is 70.0 Å². The van der Waals surface area contributed by atoms with E-state index in [1.165, 1.54) is 25.0 Å². The summed E-state index contributed by atoms with van der Waals surface area (Å²) in [5.41, 5.74) is 6.83. The van der Waals surface area contributed by atoms with Crippen molar-refractivity contribution in [3.05, 3.63) is 81.3 Å². The van der Waals surface area contributed by atoms with Gasteiger partial charge in [0.25, 0.3) is 10.0 Å². The fourth-order valence-corrected chi connectivity index (χ4v) is 6.46. The van der Waals surface area contributed by atoms with E-state index in [2.05, 4.69) is 26.0 Å². The number of halogens is 3. The highest BCUT2D eigenvalue weighted by atomic mass is 79.9. The van der Waals surface area contributed by atoms with Gasteiger partial charge in [-0.3, -0.25) is 9.52 Å². The van der Waals surface area contributed by atoms with E-state index in [-0.39, 0.29) is 23.0 Å². The summed E-state index contributed by atoms with van der Waals surface area (Å²) >= 11 is 9.64. The van der Waals surface area contributed by atoms with E-state index in [0.29, 0.717) is 34.1 Å². The predicted molar refractivity (Wildman–Crippen MR) is 162 cm³/mol. The summed E-state index contributed by atoms with van der Waals surface area (Å²) in [7, 11) is -3.99. The minimum Gasteiger partial charge on any atom is -0.454 e. The maximum absolute atomic E-state index is 13.4. The summed E-state index contributed by atoms with van der Waals surface area (Å²) in [4.78, 5) is 12.1. The number of carbonyl (C=O) groups excluding carboxylic acids is 1. The van der Waals surface area contributed by atoms with Gasteiger partial charge in [0.05, 0.1) is 15.6 Å². The number of anilines is 1. The maximum atomic E-state index is 13.4. The molecule has 210 valence electrons. The van der Waals surface area contributed by atoms with Gasteiger partial charge in [-0.25, -0.2) is 8.42 Å². The smallest absolute Gasteiger partial charge is 0.262 e. The molecule has 0 radical (unpaired) electrons. The first-order valence-corrected chi connectivity index (χ1v) is 15.3. The Morgan fingerprint density at radius 2 is 1.79 bits per heavy atom. The van der Waals surface area contributed by atoms with Crippen molar-refractivity contribution in [2.24, 2.45) is 11.7 Å². The number of carbonyl (C=O) groups is 1. The van der Waals surface area contributed by atoms with Gasteiger partial charge in [0.15, 0.2) is 5.75 Å². The molecule has 0 spiro atoms. The second-order valence-corrected chi connectivity index (χ2v) is 12.4. The van der Waals surface area contributed by atoms with E-state index in [0.717, 1.165) is 42.7 Å². The Hall–Kier alpha value is -2.30. The Balaban J connectivity index is 0.00000420. The molecule has 4 N–H and O–H groups in total. The van der Waals surface area contributed by atoms with E-state index in [9.17, 15) is 13.2 Å². The number of benzene rings is 3. The molecule has 0 aliphatic carbocycles. The molecule has 1 aliphatic rings. The Morgan fingerprint density at radius 3 is 2.51 bits per heavy atom. The van der Waals surface area contributed by atoms with E-state index < -0.39 is 15.9 Å². The Kier molecular flexibility index (Phi) is 11.5. The molecule has 0 saturated carbocycles. The number of sulfonamides is 1. The van der Waals surface area contributed by atoms with Crippen molar-refractivity contribution in [3.8, 4) is 11.5 Å². The van der Waals surface area contributed by atoms with Gasteiger partial charge < -0.3 is 15.8 Å². The van der Waals surface area contributed by atoms with Gasteiger partial charge in [-0.2, -0.15) is 0 Å². The number of para-hydroxylation sites is 2. The van der Waals surface area contributed by atoms with Gasteiger partial charge in [-0.15, -0.1) is 12.4 Å². The number of unbranched alkanes of at least 4 members (excludes halogenated alkanes) is 1. The Morgan fingerprint density at radius 1 is 1.05 bits per heavy atom. The molecule has 1 saturated heterocycles. The largest absolute Gasteiger partial charge is 0.454 e. The number of hydrogen-bond donors (Lipinski definition) is 3. The molecule has 1 amide bonds. The lowest BCUT2D eigenvalue weighted by atomic mass is 9.91. The van der Waals surface area contributed by atoms with Crippen LogP contribution in [0.5, 0.6) is 11.5 Å². The van der Waals surface area contributed by atoms with E-state index in [1.54, 1.807) is 48.5 Å². The number of piperidine rings is 1. The number of ether oxygens (including phenoxy) is 1. The van der Waals surface area contributed by atoms with Crippen LogP contribution in [0.1, 0.15) is 48.0 Å². The van der Waals surface area contributed by atoms with Crippen molar-refractivity contribution < 1.29 is 17.9 Å². The second kappa shape index (κ2) is 14.4. The lowest BCUT2D eigenvalue weighted by Crippen LogP contribution is -2.27. The molecule has 1 heterocycles. The van der Waals surface area contributed by atoms with Crippen LogP contribution in [0.25, 0.3) is 0 Å². The monoisotopic (exact) mass is 655 g/mol. The van der Waals surface area contributed by atoms with E-state index in [1.807, 2.05) is 0 Å². The fourth-order valence-electron chi connectivity index (χ4n) is 4.62. The minimum absolute atomic E-state index is 0. The van der Waals surface area contributed by atoms with Gasteiger partial charge >= 0.3 is 0 Å². The molecular formula is C28H32BrCl2N3O4S. The Bertz CT molecular complexity index is 1400. The first-order valence-electron chi connectivity index (χ1n) is 12.6. The number of amides is 1. The minimum atomic E-state index is -3.99. The van der Waals surface area contributed by atoms with Crippen LogP contribution in [0, 0.1) is 5.92 Å². The summed E-state index contributed by atoms with van der Waals surface area (Å²) in [5, 5.41) is 3.76. The van der Waals surface area contributed by atoms with Crippen LogP contribution >= 0.6 is 39.9 Å². The molecule has 4 rings (SSSR count). The number of nitrogens with two attached hydrogens (primary N) is 1. The van der Waals surface area contributed by atoms with Gasteiger partial charge in [0.2, 0.25) is 5.91 Å². The van der Waals surface area contributed by atoms with Gasteiger partial charge in [0, 0.05) is 10.0 Å². The molecule has 11 heteroatoms. The third-order valence-corrected chi connectivity index (χ3v) is 8.82. The van der Waals surface area contributed by atoms with E-state index >= 15 is 0 Å². The van der Waals surface area contributed by atoms with Crippen LogP contribution in [0.3, 0.4) is 0 Å². The third kappa shape index (κ3) is 8.59.